The smallest absolute Gasteiger partial charge is 0.000835 e. The monoisotopic (exact) mass is 217 g/mol. The van der Waals surface area contributed by atoms with E-state index in [0.717, 1.165) is 6.54 Å². The largest absolute Gasteiger partial charge is 0.316 e. The Morgan fingerprint density at radius 1 is 1.12 bits per heavy atom. The Labute approximate surface area is 99.3 Å². The average Bonchev–Trinajstić information content (AvgIpc) is 2.76. The van der Waals surface area contributed by atoms with Gasteiger partial charge in [-0.1, -0.05) is 31.5 Å². The van der Waals surface area contributed by atoms with E-state index in [2.05, 4.69) is 30.4 Å². The van der Waals surface area contributed by atoms with Crippen LogP contribution in [-0.2, 0) is 19.3 Å². The van der Waals surface area contributed by atoms with Crippen LogP contribution < -0.4 is 5.32 Å². The molecule has 0 atom stereocenters. The summed E-state index contributed by atoms with van der Waals surface area (Å²) in [6.07, 6.45) is 7.71. The molecule has 2 rings (SSSR count). The number of hydrogen-bond donors (Lipinski definition) is 1. The normalized spacial score (nSPS) is 14.1. The van der Waals surface area contributed by atoms with Crippen LogP contribution in [0.2, 0.25) is 0 Å². The molecule has 1 N–H and O–H groups in total. The fourth-order valence-electron chi connectivity index (χ4n) is 2.44. The summed E-state index contributed by atoms with van der Waals surface area (Å²) in [5, 5.41) is 3.50. The Hall–Kier alpha value is -0.820. The van der Waals surface area contributed by atoms with Crippen molar-refractivity contribution in [3.63, 3.8) is 0 Å². The average molecular weight is 217 g/mol. The van der Waals surface area contributed by atoms with Gasteiger partial charge in [-0.3, -0.25) is 0 Å². The van der Waals surface area contributed by atoms with Gasteiger partial charge in [-0.05, 0) is 61.9 Å². The van der Waals surface area contributed by atoms with Crippen LogP contribution in [0.3, 0.4) is 0 Å². The van der Waals surface area contributed by atoms with E-state index in [9.17, 15) is 0 Å². The molecule has 1 aromatic carbocycles. The highest BCUT2D eigenvalue weighted by Crippen LogP contribution is 2.22. The number of rotatable bonds is 6. The molecule has 0 heterocycles. The topological polar surface area (TPSA) is 12.0 Å². The zero-order chi connectivity index (χ0) is 11.2. The molecule has 1 aliphatic carbocycles. The van der Waals surface area contributed by atoms with E-state index >= 15 is 0 Å². The lowest BCUT2D eigenvalue weighted by molar-refractivity contribution is 0.640. The van der Waals surface area contributed by atoms with E-state index in [1.165, 1.54) is 50.6 Å². The molecule has 0 unspecified atom stereocenters. The quantitative estimate of drug-likeness (QED) is 0.722. The van der Waals surface area contributed by atoms with E-state index < -0.39 is 0 Å². The van der Waals surface area contributed by atoms with E-state index in [1.54, 1.807) is 11.1 Å². The Balaban J connectivity index is 1.77. The lowest BCUT2D eigenvalue weighted by Crippen LogP contribution is -2.18. The molecule has 1 aliphatic rings. The molecule has 0 fully saturated rings. The van der Waals surface area contributed by atoms with Crippen molar-refractivity contribution in [2.45, 2.75) is 45.4 Å². The van der Waals surface area contributed by atoms with Crippen LogP contribution in [0.4, 0.5) is 0 Å². The molecular weight excluding hydrogens is 194 g/mol. The third kappa shape index (κ3) is 3.08. The summed E-state index contributed by atoms with van der Waals surface area (Å²) >= 11 is 0. The minimum Gasteiger partial charge on any atom is -0.316 e. The first-order valence-corrected chi connectivity index (χ1v) is 6.71. The van der Waals surface area contributed by atoms with Crippen LogP contribution in [-0.4, -0.2) is 13.1 Å². The van der Waals surface area contributed by atoms with Gasteiger partial charge in [0.2, 0.25) is 0 Å². The third-order valence-corrected chi connectivity index (χ3v) is 3.46. The Kier molecular flexibility index (Phi) is 4.41. The van der Waals surface area contributed by atoms with Crippen molar-refractivity contribution in [1.82, 2.24) is 5.32 Å². The Morgan fingerprint density at radius 3 is 2.88 bits per heavy atom. The van der Waals surface area contributed by atoms with Gasteiger partial charge in [-0.25, -0.2) is 0 Å². The van der Waals surface area contributed by atoms with Crippen molar-refractivity contribution >= 4 is 0 Å². The van der Waals surface area contributed by atoms with Crippen LogP contribution in [0.15, 0.2) is 18.2 Å². The van der Waals surface area contributed by atoms with Gasteiger partial charge in [0.1, 0.15) is 0 Å². The standard InChI is InChI=1S/C15H23N/c1-2-3-10-16-11-9-13-7-8-14-5-4-6-15(14)12-13/h7-8,12,16H,2-6,9-11H2,1H3. The molecule has 0 aromatic heterocycles. The van der Waals surface area contributed by atoms with Crippen LogP contribution >= 0.6 is 0 Å². The van der Waals surface area contributed by atoms with Gasteiger partial charge < -0.3 is 5.32 Å². The highest BCUT2D eigenvalue weighted by atomic mass is 14.8. The molecule has 0 aliphatic heterocycles. The van der Waals surface area contributed by atoms with E-state index in [1.807, 2.05) is 0 Å². The van der Waals surface area contributed by atoms with Crippen LogP contribution in [0.25, 0.3) is 0 Å². The van der Waals surface area contributed by atoms with Crippen molar-refractivity contribution < 1.29 is 0 Å². The molecule has 0 saturated carbocycles. The maximum absolute atomic E-state index is 3.50. The first-order valence-electron chi connectivity index (χ1n) is 6.71. The second-order valence-electron chi connectivity index (χ2n) is 4.81. The summed E-state index contributed by atoms with van der Waals surface area (Å²) in [7, 11) is 0. The number of benzene rings is 1. The molecule has 0 amide bonds. The Bertz CT molecular complexity index is 330. The van der Waals surface area contributed by atoms with Gasteiger partial charge in [0.05, 0.1) is 0 Å². The number of hydrogen-bond acceptors (Lipinski definition) is 1. The van der Waals surface area contributed by atoms with E-state index in [4.69, 9.17) is 0 Å². The van der Waals surface area contributed by atoms with Crippen LogP contribution in [0.1, 0.15) is 42.9 Å². The fraction of sp³-hybridized carbons (Fsp3) is 0.600. The summed E-state index contributed by atoms with van der Waals surface area (Å²) in [6, 6.07) is 7.07. The van der Waals surface area contributed by atoms with Crippen molar-refractivity contribution in [3.05, 3.63) is 34.9 Å². The first-order chi connectivity index (χ1) is 7.90. The van der Waals surface area contributed by atoms with Crippen LogP contribution in [0.5, 0.6) is 0 Å². The summed E-state index contributed by atoms with van der Waals surface area (Å²) in [4.78, 5) is 0. The molecule has 0 saturated heterocycles. The minimum atomic E-state index is 1.12. The minimum absolute atomic E-state index is 1.12. The van der Waals surface area contributed by atoms with Crippen molar-refractivity contribution in [2.24, 2.45) is 0 Å². The summed E-state index contributed by atoms with van der Waals surface area (Å²) in [5.41, 5.74) is 4.69. The van der Waals surface area contributed by atoms with Gasteiger partial charge in [-0.2, -0.15) is 0 Å². The molecule has 16 heavy (non-hydrogen) atoms. The summed E-state index contributed by atoms with van der Waals surface area (Å²) < 4.78 is 0. The highest BCUT2D eigenvalue weighted by Gasteiger charge is 2.10. The number of fused-ring (bicyclic) bond motifs is 1. The summed E-state index contributed by atoms with van der Waals surface area (Å²) in [5.74, 6) is 0. The molecule has 1 nitrogen and oxygen atoms in total. The second-order valence-corrected chi connectivity index (χ2v) is 4.81. The number of aryl methyl sites for hydroxylation is 2. The Morgan fingerprint density at radius 2 is 2.00 bits per heavy atom. The molecule has 0 bridgehead atoms. The highest BCUT2D eigenvalue weighted by molar-refractivity contribution is 5.35. The zero-order valence-corrected chi connectivity index (χ0v) is 10.4. The van der Waals surface area contributed by atoms with Crippen molar-refractivity contribution in [2.75, 3.05) is 13.1 Å². The molecule has 0 radical (unpaired) electrons. The molecule has 1 aromatic rings. The van der Waals surface area contributed by atoms with Crippen molar-refractivity contribution in [3.8, 4) is 0 Å². The van der Waals surface area contributed by atoms with Gasteiger partial charge in [0, 0.05) is 0 Å². The van der Waals surface area contributed by atoms with E-state index in [-0.39, 0.29) is 0 Å². The summed E-state index contributed by atoms with van der Waals surface area (Å²) in [6.45, 7) is 4.53. The first kappa shape index (κ1) is 11.7. The molecular formula is C15H23N. The maximum atomic E-state index is 3.50. The second kappa shape index (κ2) is 6.05. The van der Waals surface area contributed by atoms with Gasteiger partial charge >= 0.3 is 0 Å². The maximum Gasteiger partial charge on any atom is -0.000835 e. The molecule has 1 heteroatoms. The SMILES string of the molecule is CCCCNCCc1ccc2c(c1)CCC2. The van der Waals surface area contributed by atoms with Gasteiger partial charge in [0.15, 0.2) is 0 Å². The predicted molar refractivity (Wildman–Crippen MR) is 69.9 cm³/mol. The van der Waals surface area contributed by atoms with E-state index in [0.29, 0.717) is 0 Å². The number of unbranched alkanes of at least 4 members (excludes halogenated alkanes) is 1. The fourth-order valence-corrected chi connectivity index (χ4v) is 2.44. The lowest BCUT2D eigenvalue weighted by Gasteiger charge is -2.06. The zero-order valence-electron chi connectivity index (χ0n) is 10.4. The van der Waals surface area contributed by atoms with Crippen LogP contribution in [0, 0.1) is 0 Å². The molecule has 0 spiro atoms. The lowest BCUT2D eigenvalue weighted by atomic mass is 10.0. The molecule has 88 valence electrons. The number of nitrogens with one attached hydrogen (secondary N) is 1. The van der Waals surface area contributed by atoms with Crippen molar-refractivity contribution in [1.29, 1.82) is 0 Å². The third-order valence-electron chi connectivity index (χ3n) is 3.46. The van der Waals surface area contributed by atoms with Gasteiger partial charge in [-0.15, -0.1) is 0 Å². The predicted octanol–water partition coefficient (Wildman–Crippen LogP) is 3.11. The van der Waals surface area contributed by atoms with Gasteiger partial charge in [0.25, 0.3) is 0 Å².